The van der Waals surface area contributed by atoms with Gasteiger partial charge in [-0.2, -0.15) is 0 Å². The first-order valence-electron chi connectivity index (χ1n) is 9.97. The zero-order chi connectivity index (χ0) is 16.5. The third-order valence-corrected chi connectivity index (χ3v) is 6.80. The molecule has 0 spiro atoms. The van der Waals surface area contributed by atoms with Crippen LogP contribution in [0.2, 0.25) is 0 Å². The van der Waals surface area contributed by atoms with Gasteiger partial charge in [0, 0.05) is 6.04 Å². The van der Waals surface area contributed by atoms with E-state index in [1.807, 2.05) is 0 Å². The Morgan fingerprint density at radius 1 is 1.17 bits per heavy atom. The highest BCUT2D eigenvalue weighted by Crippen LogP contribution is 2.49. The van der Waals surface area contributed by atoms with Gasteiger partial charge in [0.1, 0.15) is 0 Å². The van der Waals surface area contributed by atoms with Crippen LogP contribution in [-0.4, -0.2) is 55.5 Å². The third kappa shape index (κ3) is 3.49. The fourth-order valence-electron chi connectivity index (χ4n) is 5.62. The third-order valence-electron chi connectivity index (χ3n) is 6.80. The molecule has 5 atom stereocenters. The van der Waals surface area contributed by atoms with Crippen molar-refractivity contribution in [2.75, 3.05) is 26.3 Å². The normalized spacial score (nSPS) is 38.5. The molecule has 2 heterocycles. The molecule has 2 saturated heterocycles. The number of rotatable bonds is 5. The molecule has 24 heavy (non-hydrogen) atoms. The van der Waals surface area contributed by atoms with E-state index in [0.29, 0.717) is 31.7 Å². The topological polar surface area (TPSA) is 50.8 Å². The van der Waals surface area contributed by atoms with Gasteiger partial charge in [-0.25, -0.2) is 0 Å². The largest absolute Gasteiger partial charge is 0.352 e. The van der Waals surface area contributed by atoms with E-state index in [9.17, 15) is 4.79 Å². The minimum atomic E-state index is -0.138. The molecular weight excluding hydrogens is 304 g/mol. The van der Waals surface area contributed by atoms with Gasteiger partial charge in [0.05, 0.1) is 25.8 Å². The molecular formula is C19H32N2O3. The van der Waals surface area contributed by atoms with E-state index in [0.717, 1.165) is 24.8 Å². The highest BCUT2D eigenvalue weighted by Gasteiger charge is 2.42. The van der Waals surface area contributed by atoms with Gasteiger partial charge in [-0.3, -0.25) is 9.69 Å². The van der Waals surface area contributed by atoms with Crippen LogP contribution in [0.25, 0.3) is 0 Å². The van der Waals surface area contributed by atoms with Crippen molar-refractivity contribution in [2.24, 2.45) is 17.8 Å². The predicted octanol–water partition coefficient (Wildman–Crippen LogP) is 2.15. The van der Waals surface area contributed by atoms with Crippen molar-refractivity contribution in [3.8, 4) is 0 Å². The van der Waals surface area contributed by atoms with Gasteiger partial charge in [0.2, 0.25) is 5.91 Å². The van der Waals surface area contributed by atoms with Crippen LogP contribution in [0.5, 0.6) is 0 Å². The van der Waals surface area contributed by atoms with Gasteiger partial charge in [-0.1, -0.05) is 12.8 Å². The molecule has 0 aromatic rings. The number of nitrogens with zero attached hydrogens (tertiary/aromatic N) is 1. The second-order valence-electron chi connectivity index (χ2n) is 8.34. The van der Waals surface area contributed by atoms with Crippen molar-refractivity contribution in [2.45, 2.75) is 70.2 Å². The smallest absolute Gasteiger partial charge is 0.234 e. The van der Waals surface area contributed by atoms with E-state index in [4.69, 9.17) is 9.47 Å². The molecule has 4 rings (SSSR count). The Hall–Kier alpha value is -0.650. The Kier molecular flexibility index (Phi) is 5.11. The highest BCUT2D eigenvalue weighted by atomic mass is 16.7. The van der Waals surface area contributed by atoms with Crippen LogP contribution in [-0.2, 0) is 14.3 Å². The monoisotopic (exact) mass is 336 g/mol. The molecule has 5 nitrogen and oxygen atoms in total. The predicted molar refractivity (Wildman–Crippen MR) is 91.4 cm³/mol. The maximum absolute atomic E-state index is 12.6. The first kappa shape index (κ1) is 16.8. The van der Waals surface area contributed by atoms with Gasteiger partial charge in [0.15, 0.2) is 6.29 Å². The maximum atomic E-state index is 12.6. The molecule has 1 amide bonds. The lowest BCUT2D eigenvalue weighted by molar-refractivity contribution is -0.132. The Bertz CT molecular complexity index is 452. The molecule has 0 aromatic carbocycles. The fourth-order valence-corrected chi connectivity index (χ4v) is 5.62. The number of piperidine rings is 1. The van der Waals surface area contributed by atoms with Crippen molar-refractivity contribution in [3.05, 3.63) is 0 Å². The summed E-state index contributed by atoms with van der Waals surface area (Å²) >= 11 is 0. The van der Waals surface area contributed by atoms with Crippen molar-refractivity contribution < 1.29 is 14.3 Å². The first-order valence-corrected chi connectivity index (χ1v) is 9.97. The molecule has 1 N–H and O–H groups in total. The zero-order valence-corrected chi connectivity index (χ0v) is 14.9. The number of likely N-dealkylation sites (tertiary alicyclic amines) is 1. The molecule has 2 aliphatic carbocycles. The van der Waals surface area contributed by atoms with E-state index in [-0.39, 0.29) is 18.2 Å². The van der Waals surface area contributed by atoms with Crippen LogP contribution in [0, 0.1) is 17.8 Å². The van der Waals surface area contributed by atoms with Gasteiger partial charge in [-0.15, -0.1) is 0 Å². The molecule has 5 unspecified atom stereocenters. The lowest BCUT2D eigenvalue weighted by Crippen LogP contribution is -2.52. The van der Waals surface area contributed by atoms with Crippen molar-refractivity contribution in [1.82, 2.24) is 10.2 Å². The average Bonchev–Trinajstić information content (AvgIpc) is 3.33. The molecule has 4 aliphatic rings. The van der Waals surface area contributed by atoms with E-state index in [2.05, 4.69) is 17.1 Å². The van der Waals surface area contributed by atoms with Crippen LogP contribution in [0.15, 0.2) is 0 Å². The second-order valence-corrected chi connectivity index (χ2v) is 8.34. The molecule has 4 fully saturated rings. The van der Waals surface area contributed by atoms with Gasteiger partial charge in [-0.05, 0) is 63.3 Å². The van der Waals surface area contributed by atoms with E-state index in [1.54, 1.807) is 0 Å². The molecule has 2 bridgehead atoms. The van der Waals surface area contributed by atoms with Crippen LogP contribution < -0.4 is 5.32 Å². The van der Waals surface area contributed by atoms with E-state index < -0.39 is 0 Å². The molecule has 136 valence electrons. The fraction of sp³-hybridized carbons (Fsp3) is 0.947. The Balaban J connectivity index is 1.29. The summed E-state index contributed by atoms with van der Waals surface area (Å²) in [5.41, 5.74) is 0. The number of carbonyl (C=O) groups is 1. The maximum Gasteiger partial charge on any atom is 0.234 e. The molecule has 5 heteroatoms. The van der Waals surface area contributed by atoms with Crippen LogP contribution >= 0.6 is 0 Å². The van der Waals surface area contributed by atoms with Crippen LogP contribution in [0.1, 0.15) is 51.9 Å². The van der Waals surface area contributed by atoms with Crippen LogP contribution in [0.3, 0.4) is 0 Å². The second kappa shape index (κ2) is 7.30. The summed E-state index contributed by atoms with van der Waals surface area (Å²) in [7, 11) is 0. The minimum Gasteiger partial charge on any atom is -0.352 e. The number of hydrogen-bond acceptors (Lipinski definition) is 4. The first-order chi connectivity index (χ1) is 11.7. The van der Waals surface area contributed by atoms with Gasteiger partial charge >= 0.3 is 0 Å². The number of hydrogen-bond donors (Lipinski definition) is 1. The van der Waals surface area contributed by atoms with E-state index >= 15 is 0 Å². The number of amides is 1. The molecule has 2 saturated carbocycles. The zero-order valence-electron chi connectivity index (χ0n) is 14.9. The SMILES string of the molecule is CC(NC(=O)CN1CCCCC1C1OCCO1)C1CC2CCC1C2. The summed E-state index contributed by atoms with van der Waals surface area (Å²) in [6, 6.07) is 0.555. The molecule has 0 radical (unpaired) electrons. The lowest BCUT2D eigenvalue weighted by Gasteiger charge is -2.38. The number of nitrogens with one attached hydrogen (secondary N) is 1. The summed E-state index contributed by atoms with van der Waals surface area (Å²) in [6.45, 7) is 5.04. The summed E-state index contributed by atoms with van der Waals surface area (Å²) in [6.07, 6.45) is 8.81. The van der Waals surface area contributed by atoms with Gasteiger partial charge < -0.3 is 14.8 Å². The summed E-state index contributed by atoms with van der Waals surface area (Å²) in [5.74, 6) is 2.66. The lowest BCUT2D eigenvalue weighted by atomic mass is 9.84. The highest BCUT2D eigenvalue weighted by molar-refractivity contribution is 5.78. The quantitative estimate of drug-likeness (QED) is 0.836. The standard InChI is InChI=1S/C19H32N2O3/c1-13(16-11-14-5-6-15(16)10-14)20-18(22)12-21-7-3-2-4-17(21)19-23-8-9-24-19/h13-17,19H,2-12H2,1H3,(H,20,22). The van der Waals surface area contributed by atoms with Crippen LogP contribution in [0.4, 0.5) is 0 Å². The molecule has 2 aliphatic heterocycles. The molecule has 0 aromatic heterocycles. The number of fused-ring (bicyclic) bond motifs is 2. The number of carbonyl (C=O) groups excluding carboxylic acids is 1. The summed E-state index contributed by atoms with van der Waals surface area (Å²) < 4.78 is 11.4. The summed E-state index contributed by atoms with van der Waals surface area (Å²) in [4.78, 5) is 14.9. The Labute approximate surface area is 145 Å². The average molecular weight is 336 g/mol. The minimum absolute atomic E-state index is 0.138. The van der Waals surface area contributed by atoms with Crippen molar-refractivity contribution >= 4 is 5.91 Å². The summed E-state index contributed by atoms with van der Waals surface area (Å²) in [5, 5.41) is 3.30. The van der Waals surface area contributed by atoms with Crippen molar-refractivity contribution in [1.29, 1.82) is 0 Å². The van der Waals surface area contributed by atoms with Gasteiger partial charge in [0.25, 0.3) is 0 Å². The van der Waals surface area contributed by atoms with E-state index in [1.165, 1.54) is 38.5 Å². The Morgan fingerprint density at radius 2 is 2.00 bits per heavy atom. The Morgan fingerprint density at radius 3 is 2.71 bits per heavy atom. The van der Waals surface area contributed by atoms with Crippen molar-refractivity contribution in [3.63, 3.8) is 0 Å². The number of ether oxygens (including phenoxy) is 2.